The molecule has 1 aliphatic heterocycles. The van der Waals surface area contributed by atoms with Gasteiger partial charge in [-0.15, -0.1) is 0 Å². The minimum Gasteiger partial charge on any atom is -0.469 e. The van der Waals surface area contributed by atoms with E-state index in [1.165, 1.54) is 20.0 Å². The molecular formula is C13H21N3O2. The third kappa shape index (κ3) is 3.69. The first-order chi connectivity index (χ1) is 8.72. The molecule has 0 aromatic heterocycles. The highest BCUT2D eigenvalue weighted by Crippen LogP contribution is 2.28. The van der Waals surface area contributed by atoms with Gasteiger partial charge in [0.1, 0.15) is 0 Å². The van der Waals surface area contributed by atoms with E-state index >= 15 is 0 Å². The average molecular weight is 251 g/mol. The molecule has 1 saturated carbocycles. The summed E-state index contributed by atoms with van der Waals surface area (Å²) in [6, 6.07) is 2.46. The Labute approximate surface area is 108 Å². The number of likely N-dealkylation sites (tertiary alicyclic amines) is 1. The number of rotatable bonds is 5. The molecule has 100 valence electrons. The molecule has 2 rings (SSSR count). The Hall–Kier alpha value is -1.12. The smallest absolute Gasteiger partial charge is 0.310 e. The van der Waals surface area contributed by atoms with Crippen molar-refractivity contribution in [3.05, 3.63) is 0 Å². The first-order valence-corrected chi connectivity index (χ1v) is 6.63. The number of hydrogen-bond donors (Lipinski definition) is 1. The molecule has 0 spiro atoms. The van der Waals surface area contributed by atoms with Crippen LogP contribution in [0.5, 0.6) is 0 Å². The molecule has 0 bridgehead atoms. The van der Waals surface area contributed by atoms with Gasteiger partial charge >= 0.3 is 5.97 Å². The third-order valence-electron chi connectivity index (χ3n) is 3.75. The molecule has 5 heteroatoms. The lowest BCUT2D eigenvalue weighted by molar-refractivity contribution is -0.147. The maximum Gasteiger partial charge on any atom is 0.310 e. The van der Waals surface area contributed by atoms with Crippen LogP contribution in [-0.4, -0.2) is 50.2 Å². The van der Waals surface area contributed by atoms with E-state index in [-0.39, 0.29) is 11.9 Å². The predicted molar refractivity (Wildman–Crippen MR) is 66.7 cm³/mol. The van der Waals surface area contributed by atoms with E-state index in [4.69, 9.17) is 10.00 Å². The number of carbonyl (C=O) groups excluding carboxylic acids is 1. The highest BCUT2D eigenvalue weighted by molar-refractivity contribution is 5.72. The highest BCUT2D eigenvalue weighted by atomic mass is 16.5. The second-order valence-corrected chi connectivity index (χ2v) is 5.36. The zero-order valence-corrected chi connectivity index (χ0v) is 10.9. The number of nitrogens with one attached hydrogen (secondary N) is 1. The number of nitriles is 1. The fraction of sp³-hybridized carbons (Fsp3) is 0.846. The lowest BCUT2D eigenvalue weighted by atomic mass is 9.94. The van der Waals surface area contributed by atoms with Crippen molar-refractivity contribution >= 4 is 5.97 Å². The normalized spacial score (nSPS) is 28.7. The van der Waals surface area contributed by atoms with Crippen molar-refractivity contribution in [2.24, 2.45) is 11.8 Å². The Balaban J connectivity index is 1.87. The first-order valence-electron chi connectivity index (χ1n) is 6.63. The van der Waals surface area contributed by atoms with Gasteiger partial charge in [0.25, 0.3) is 0 Å². The summed E-state index contributed by atoms with van der Waals surface area (Å²) < 4.78 is 4.83. The van der Waals surface area contributed by atoms with Crippen LogP contribution in [-0.2, 0) is 9.53 Å². The summed E-state index contributed by atoms with van der Waals surface area (Å²) >= 11 is 0. The Morgan fingerprint density at radius 1 is 1.50 bits per heavy atom. The van der Waals surface area contributed by atoms with Gasteiger partial charge < -0.3 is 10.1 Å². The van der Waals surface area contributed by atoms with Crippen LogP contribution in [0.25, 0.3) is 0 Å². The number of hydrogen-bond acceptors (Lipinski definition) is 5. The van der Waals surface area contributed by atoms with E-state index in [0.29, 0.717) is 19.1 Å². The molecule has 2 unspecified atom stereocenters. The van der Waals surface area contributed by atoms with Crippen LogP contribution < -0.4 is 5.32 Å². The largest absolute Gasteiger partial charge is 0.469 e. The Morgan fingerprint density at radius 3 is 2.89 bits per heavy atom. The van der Waals surface area contributed by atoms with Crippen molar-refractivity contribution in [3.8, 4) is 6.07 Å². The molecule has 2 fully saturated rings. The number of carbonyl (C=O) groups is 1. The number of esters is 1. The Morgan fingerprint density at radius 2 is 2.28 bits per heavy atom. The second kappa shape index (κ2) is 6.17. The van der Waals surface area contributed by atoms with Crippen molar-refractivity contribution in [3.63, 3.8) is 0 Å². The van der Waals surface area contributed by atoms with E-state index in [9.17, 15) is 4.79 Å². The first kappa shape index (κ1) is 13.3. The van der Waals surface area contributed by atoms with Gasteiger partial charge in [0.15, 0.2) is 0 Å². The van der Waals surface area contributed by atoms with Gasteiger partial charge in [-0.3, -0.25) is 9.69 Å². The van der Waals surface area contributed by atoms with E-state index < -0.39 is 0 Å². The molecule has 1 heterocycles. The summed E-state index contributed by atoms with van der Waals surface area (Å²) in [5.41, 5.74) is 0. The molecule has 5 nitrogen and oxygen atoms in total. The molecule has 1 aliphatic carbocycles. The Kier molecular flexibility index (Phi) is 4.56. The van der Waals surface area contributed by atoms with Crippen LogP contribution >= 0.6 is 0 Å². The van der Waals surface area contributed by atoms with Gasteiger partial charge in [-0.25, -0.2) is 0 Å². The molecule has 1 N–H and O–H groups in total. The molecule has 0 amide bonds. The van der Waals surface area contributed by atoms with Crippen molar-refractivity contribution in [2.75, 3.05) is 33.3 Å². The van der Waals surface area contributed by atoms with Gasteiger partial charge in [-0.1, -0.05) is 0 Å². The fourth-order valence-electron chi connectivity index (χ4n) is 2.56. The highest BCUT2D eigenvalue weighted by Gasteiger charge is 2.32. The zero-order chi connectivity index (χ0) is 13.0. The van der Waals surface area contributed by atoms with Crippen LogP contribution in [0, 0.1) is 23.2 Å². The van der Waals surface area contributed by atoms with Crippen LogP contribution in [0.2, 0.25) is 0 Å². The molecular weight excluding hydrogens is 230 g/mol. The van der Waals surface area contributed by atoms with Crippen LogP contribution in [0.4, 0.5) is 0 Å². The quantitative estimate of drug-likeness (QED) is 0.565. The van der Waals surface area contributed by atoms with Crippen molar-refractivity contribution in [1.29, 1.82) is 5.26 Å². The van der Waals surface area contributed by atoms with Gasteiger partial charge in [-0.2, -0.15) is 5.26 Å². The molecule has 18 heavy (non-hydrogen) atoms. The number of piperidine rings is 1. The van der Waals surface area contributed by atoms with Crippen LogP contribution in [0.1, 0.15) is 19.3 Å². The summed E-state index contributed by atoms with van der Waals surface area (Å²) in [5, 5.41) is 12.3. The van der Waals surface area contributed by atoms with Crippen LogP contribution in [0.15, 0.2) is 0 Å². The molecule has 0 aromatic carbocycles. The number of methoxy groups -OCH3 is 1. The zero-order valence-electron chi connectivity index (χ0n) is 10.9. The lowest BCUT2D eigenvalue weighted by Gasteiger charge is -2.35. The van der Waals surface area contributed by atoms with Gasteiger partial charge in [0.2, 0.25) is 0 Å². The van der Waals surface area contributed by atoms with Crippen molar-refractivity contribution in [2.45, 2.75) is 25.3 Å². The van der Waals surface area contributed by atoms with E-state index in [2.05, 4.69) is 11.4 Å². The topological polar surface area (TPSA) is 65.4 Å². The monoisotopic (exact) mass is 251 g/mol. The summed E-state index contributed by atoms with van der Waals surface area (Å²) in [4.78, 5) is 13.7. The maximum atomic E-state index is 11.7. The van der Waals surface area contributed by atoms with Crippen LogP contribution in [0.3, 0.4) is 0 Å². The minimum absolute atomic E-state index is 0.103. The van der Waals surface area contributed by atoms with E-state index in [0.717, 1.165) is 25.4 Å². The van der Waals surface area contributed by atoms with E-state index in [1.54, 1.807) is 0 Å². The van der Waals surface area contributed by atoms with Gasteiger partial charge in [0, 0.05) is 19.1 Å². The lowest BCUT2D eigenvalue weighted by Crippen LogP contribution is -2.51. The molecule has 2 atom stereocenters. The Bertz CT molecular complexity index is 336. The predicted octanol–water partition coefficient (Wildman–Crippen LogP) is 0.373. The SMILES string of the molecule is COC(=O)C1CC(NCC2CC2)CN(CC#N)C1. The van der Waals surface area contributed by atoms with Crippen molar-refractivity contribution < 1.29 is 9.53 Å². The summed E-state index contributed by atoms with van der Waals surface area (Å²) in [6.45, 7) is 2.92. The van der Waals surface area contributed by atoms with Gasteiger partial charge in [0.05, 0.1) is 25.6 Å². The molecule has 0 radical (unpaired) electrons. The average Bonchev–Trinajstić information content (AvgIpc) is 3.19. The molecule has 1 saturated heterocycles. The summed E-state index contributed by atoms with van der Waals surface area (Å²) in [7, 11) is 1.43. The standard InChI is InChI=1S/C13H21N3O2/c1-18-13(17)11-6-12(15-7-10-2-3-10)9-16(8-11)5-4-14/h10-12,15H,2-3,5-9H2,1H3. The maximum absolute atomic E-state index is 11.7. The third-order valence-corrected chi connectivity index (χ3v) is 3.75. The second-order valence-electron chi connectivity index (χ2n) is 5.36. The minimum atomic E-state index is -0.157. The summed E-state index contributed by atoms with van der Waals surface area (Å²) in [6.07, 6.45) is 3.46. The van der Waals surface area contributed by atoms with Gasteiger partial charge in [-0.05, 0) is 31.7 Å². The summed E-state index contributed by atoms with van der Waals surface area (Å²) in [5.74, 6) is 0.567. The molecule has 0 aromatic rings. The van der Waals surface area contributed by atoms with Crippen molar-refractivity contribution in [1.82, 2.24) is 10.2 Å². The fourth-order valence-corrected chi connectivity index (χ4v) is 2.56. The number of ether oxygens (including phenoxy) is 1. The van der Waals surface area contributed by atoms with E-state index in [1.807, 2.05) is 4.90 Å². The number of nitrogens with zero attached hydrogens (tertiary/aromatic N) is 2. The molecule has 2 aliphatic rings.